The van der Waals surface area contributed by atoms with E-state index < -0.39 is 0 Å². The number of aliphatic imine (C=N–C) groups is 2. The zero-order chi connectivity index (χ0) is 24.0. The summed E-state index contributed by atoms with van der Waals surface area (Å²) >= 11 is 0. The lowest BCUT2D eigenvalue weighted by molar-refractivity contribution is 0.0690. The SMILES string of the molecule is C=C/N=C(\C)N1CCN(Cc2ccc(C)c(C(=O)N3CCN(/C(C)=N/C(=C)C)CC3)c2)CC1. The van der Waals surface area contributed by atoms with Crippen molar-refractivity contribution < 1.29 is 4.79 Å². The third-order valence-electron chi connectivity index (χ3n) is 6.42. The van der Waals surface area contributed by atoms with E-state index in [1.807, 2.05) is 32.6 Å². The van der Waals surface area contributed by atoms with Gasteiger partial charge < -0.3 is 14.7 Å². The number of aryl methyl sites for hydroxylation is 1. The van der Waals surface area contributed by atoms with Crippen molar-refractivity contribution in [1.29, 1.82) is 0 Å². The smallest absolute Gasteiger partial charge is 0.254 e. The Bertz CT molecular complexity index is 934. The second-order valence-electron chi connectivity index (χ2n) is 8.94. The Hall–Kier alpha value is -2.93. The molecular weight excluding hydrogens is 412 g/mol. The van der Waals surface area contributed by atoms with Crippen molar-refractivity contribution in [2.24, 2.45) is 9.98 Å². The molecule has 1 aromatic rings. The van der Waals surface area contributed by atoms with Crippen molar-refractivity contribution in [2.75, 3.05) is 52.4 Å². The quantitative estimate of drug-likeness (QED) is 0.510. The van der Waals surface area contributed by atoms with Crippen LogP contribution in [0.4, 0.5) is 0 Å². The number of rotatable bonds is 5. The molecule has 1 aromatic carbocycles. The van der Waals surface area contributed by atoms with Gasteiger partial charge in [-0.15, -0.1) is 0 Å². The molecule has 33 heavy (non-hydrogen) atoms. The summed E-state index contributed by atoms with van der Waals surface area (Å²) in [6.07, 6.45) is 1.60. The van der Waals surface area contributed by atoms with E-state index in [0.29, 0.717) is 13.1 Å². The number of carbonyl (C=O) groups excluding carboxylic acids is 1. The van der Waals surface area contributed by atoms with Crippen molar-refractivity contribution >= 4 is 17.6 Å². The zero-order valence-electron chi connectivity index (χ0n) is 20.7. The lowest BCUT2D eigenvalue weighted by atomic mass is 10.0. The number of carbonyl (C=O) groups is 1. The van der Waals surface area contributed by atoms with Gasteiger partial charge in [0.1, 0.15) is 11.7 Å². The Labute approximate surface area is 198 Å². The predicted octanol–water partition coefficient (Wildman–Crippen LogP) is 3.38. The van der Waals surface area contributed by atoms with E-state index >= 15 is 0 Å². The molecule has 2 heterocycles. The van der Waals surface area contributed by atoms with Gasteiger partial charge in [0.2, 0.25) is 0 Å². The van der Waals surface area contributed by atoms with Crippen molar-refractivity contribution in [1.82, 2.24) is 19.6 Å². The molecule has 0 saturated carbocycles. The Morgan fingerprint density at radius 2 is 1.52 bits per heavy atom. The van der Waals surface area contributed by atoms with Crippen molar-refractivity contribution in [3.05, 3.63) is 59.9 Å². The number of amidine groups is 2. The van der Waals surface area contributed by atoms with Crippen LogP contribution in [0.2, 0.25) is 0 Å². The molecular formula is C26H38N6O. The predicted molar refractivity (Wildman–Crippen MR) is 137 cm³/mol. The van der Waals surface area contributed by atoms with Gasteiger partial charge in [0.05, 0.1) is 0 Å². The van der Waals surface area contributed by atoms with Gasteiger partial charge in [0, 0.05) is 76.4 Å². The van der Waals surface area contributed by atoms with E-state index in [1.54, 1.807) is 6.20 Å². The molecule has 0 unspecified atom stereocenters. The first kappa shape index (κ1) is 24.7. The van der Waals surface area contributed by atoms with Gasteiger partial charge in [-0.05, 0) is 44.9 Å². The van der Waals surface area contributed by atoms with E-state index in [0.717, 1.165) is 74.3 Å². The standard InChI is InChI=1S/C26H38N6O/c1-7-27-22(5)30-12-10-29(11-13-30)19-24-9-8-21(4)25(18-24)26(33)32-16-14-31(15-17-32)23(6)28-20(2)3/h7-9,18H,1-2,10-17,19H2,3-6H3/b27-22+,28-23+. The number of nitrogens with zero attached hydrogens (tertiary/aromatic N) is 6. The Morgan fingerprint density at radius 1 is 0.939 bits per heavy atom. The zero-order valence-corrected chi connectivity index (χ0v) is 20.7. The highest BCUT2D eigenvalue weighted by molar-refractivity contribution is 5.96. The van der Waals surface area contributed by atoms with Gasteiger partial charge in [-0.3, -0.25) is 9.69 Å². The summed E-state index contributed by atoms with van der Waals surface area (Å²) in [6.45, 7) is 23.2. The van der Waals surface area contributed by atoms with Gasteiger partial charge in [0.15, 0.2) is 0 Å². The fourth-order valence-corrected chi connectivity index (χ4v) is 4.45. The second-order valence-corrected chi connectivity index (χ2v) is 8.94. The maximum Gasteiger partial charge on any atom is 0.254 e. The van der Waals surface area contributed by atoms with Gasteiger partial charge in [0.25, 0.3) is 5.91 Å². The molecule has 2 aliphatic heterocycles. The van der Waals surface area contributed by atoms with Gasteiger partial charge in [-0.2, -0.15) is 0 Å². The average Bonchev–Trinajstić information content (AvgIpc) is 2.80. The van der Waals surface area contributed by atoms with E-state index in [4.69, 9.17) is 0 Å². The summed E-state index contributed by atoms with van der Waals surface area (Å²) in [4.78, 5) is 31.0. The minimum Gasteiger partial charge on any atom is -0.358 e. The maximum atomic E-state index is 13.3. The van der Waals surface area contributed by atoms with Crippen molar-refractivity contribution in [3.63, 3.8) is 0 Å². The highest BCUT2D eigenvalue weighted by Crippen LogP contribution is 2.18. The molecule has 7 heteroatoms. The summed E-state index contributed by atoms with van der Waals surface area (Å²) in [6, 6.07) is 6.33. The third-order valence-corrected chi connectivity index (χ3v) is 6.42. The van der Waals surface area contributed by atoms with Crippen LogP contribution in [0, 0.1) is 6.92 Å². The molecule has 0 radical (unpaired) electrons. The van der Waals surface area contributed by atoms with E-state index in [9.17, 15) is 4.79 Å². The summed E-state index contributed by atoms with van der Waals surface area (Å²) in [7, 11) is 0. The normalized spacial score (nSPS) is 18.5. The van der Waals surface area contributed by atoms with Crippen LogP contribution in [0.3, 0.4) is 0 Å². The Kier molecular flexibility index (Phi) is 8.44. The maximum absolute atomic E-state index is 13.3. The first-order valence-corrected chi connectivity index (χ1v) is 11.8. The number of hydrogen-bond donors (Lipinski definition) is 0. The monoisotopic (exact) mass is 450 g/mol. The minimum absolute atomic E-state index is 0.129. The molecule has 0 N–H and O–H groups in total. The van der Waals surface area contributed by atoms with Crippen LogP contribution in [0.1, 0.15) is 42.3 Å². The molecule has 2 aliphatic rings. The summed E-state index contributed by atoms with van der Waals surface area (Å²) in [5.74, 6) is 2.12. The molecule has 1 amide bonds. The fourth-order valence-electron chi connectivity index (χ4n) is 4.45. The van der Waals surface area contributed by atoms with Crippen LogP contribution in [0.15, 0.2) is 53.2 Å². The van der Waals surface area contributed by atoms with Crippen LogP contribution in [0.5, 0.6) is 0 Å². The van der Waals surface area contributed by atoms with Crippen LogP contribution in [-0.2, 0) is 6.54 Å². The molecule has 7 nitrogen and oxygen atoms in total. The molecule has 0 atom stereocenters. The summed E-state index contributed by atoms with van der Waals surface area (Å²) in [5, 5.41) is 0. The van der Waals surface area contributed by atoms with Crippen molar-refractivity contribution in [2.45, 2.75) is 34.2 Å². The van der Waals surface area contributed by atoms with E-state index in [2.05, 4.69) is 56.0 Å². The summed E-state index contributed by atoms with van der Waals surface area (Å²) < 4.78 is 0. The Morgan fingerprint density at radius 3 is 2.12 bits per heavy atom. The number of allylic oxidation sites excluding steroid dienone is 1. The fraction of sp³-hybridized carbons (Fsp3) is 0.500. The highest BCUT2D eigenvalue weighted by atomic mass is 16.2. The number of benzene rings is 1. The van der Waals surface area contributed by atoms with E-state index in [1.165, 1.54) is 5.56 Å². The number of hydrogen-bond acceptors (Lipinski definition) is 4. The van der Waals surface area contributed by atoms with Crippen LogP contribution >= 0.6 is 0 Å². The first-order valence-electron chi connectivity index (χ1n) is 11.8. The molecule has 178 valence electrons. The van der Waals surface area contributed by atoms with Gasteiger partial charge >= 0.3 is 0 Å². The third kappa shape index (κ3) is 6.54. The molecule has 2 fully saturated rings. The average molecular weight is 451 g/mol. The Balaban J connectivity index is 1.59. The van der Waals surface area contributed by atoms with Crippen LogP contribution in [0.25, 0.3) is 0 Å². The highest BCUT2D eigenvalue weighted by Gasteiger charge is 2.24. The van der Waals surface area contributed by atoms with Crippen LogP contribution in [-0.4, -0.2) is 89.5 Å². The molecule has 0 spiro atoms. The second kappa shape index (κ2) is 11.3. The van der Waals surface area contributed by atoms with Gasteiger partial charge in [-0.1, -0.05) is 25.3 Å². The molecule has 0 aliphatic carbocycles. The lowest BCUT2D eigenvalue weighted by Crippen LogP contribution is -2.50. The largest absolute Gasteiger partial charge is 0.358 e. The molecule has 3 rings (SSSR count). The first-order chi connectivity index (χ1) is 15.8. The number of amides is 1. The topological polar surface area (TPSA) is 54.8 Å². The van der Waals surface area contributed by atoms with Crippen molar-refractivity contribution in [3.8, 4) is 0 Å². The molecule has 0 aromatic heterocycles. The summed E-state index contributed by atoms with van der Waals surface area (Å²) in [5.41, 5.74) is 3.85. The lowest BCUT2D eigenvalue weighted by Gasteiger charge is -2.36. The number of piperazine rings is 2. The van der Waals surface area contributed by atoms with Crippen LogP contribution < -0.4 is 0 Å². The molecule has 0 bridgehead atoms. The van der Waals surface area contributed by atoms with Gasteiger partial charge in [-0.25, -0.2) is 9.98 Å². The molecule has 2 saturated heterocycles. The van der Waals surface area contributed by atoms with E-state index in [-0.39, 0.29) is 5.91 Å². The minimum atomic E-state index is 0.129.